The van der Waals surface area contributed by atoms with Crippen molar-refractivity contribution >= 4 is 5.91 Å². The second-order valence-corrected chi connectivity index (χ2v) is 7.10. The predicted octanol–water partition coefficient (Wildman–Crippen LogP) is 3.38. The quantitative estimate of drug-likeness (QED) is 0.661. The van der Waals surface area contributed by atoms with Gasteiger partial charge >= 0.3 is 0 Å². The molecule has 2 heterocycles. The van der Waals surface area contributed by atoms with Crippen LogP contribution in [0.3, 0.4) is 0 Å². The van der Waals surface area contributed by atoms with E-state index in [4.69, 9.17) is 5.73 Å². The van der Waals surface area contributed by atoms with Gasteiger partial charge in [-0.3, -0.25) is 4.79 Å². The monoisotopic (exact) mass is 377 g/mol. The van der Waals surface area contributed by atoms with Crippen LogP contribution in [0, 0.1) is 0 Å². The van der Waals surface area contributed by atoms with Gasteiger partial charge in [-0.2, -0.15) is 5.10 Å². The molecule has 0 aliphatic carbocycles. The molecule has 146 valence electrons. The van der Waals surface area contributed by atoms with Crippen molar-refractivity contribution in [3.63, 3.8) is 0 Å². The first kappa shape index (κ1) is 19.8. The van der Waals surface area contributed by atoms with Gasteiger partial charge in [0.05, 0.1) is 17.5 Å². The molecule has 1 unspecified atom stereocenters. The van der Waals surface area contributed by atoms with E-state index in [0.717, 1.165) is 11.3 Å². The van der Waals surface area contributed by atoms with Crippen molar-refractivity contribution in [3.05, 3.63) is 77.2 Å². The zero-order valence-corrected chi connectivity index (χ0v) is 16.6. The van der Waals surface area contributed by atoms with E-state index in [1.165, 1.54) is 5.56 Å². The van der Waals surface area contributed by atoms with Gasteiger partial charge in [-0.1, -0.05) is 51.1 Å². The minimum absolute atomic E-state index is 0.173. The van der Waals surface area contributed by atoms with Gasteiger partial charge < -0.3 is 11.1 Å². The summed E-state index contributed by atoms with van der Waals surface area (Å²) in [5.41, 5.74) is 9.92. The molecule has 1 atom stereocenters. The highest BCUT2D eigenvalue weighted by atomic mass is 16.1. The predicted molar refractivity (Wildman–Crippen MR) is 111 cm³/mol. The second-order valence-electron chi connectivity index (χ2n) is 7.10. The average molecular weight is 377 g/mol. The summed E-state index contributed by atoms with van der Waals surface area (Å²) in [5.74, 6) is 1.00. The van der Waals surface area contributed by atoms with Crippen LogP contribution in [0.25, 0.3) is 5.82 Å². The number of nitrogens with two attached hydrogens (primary N) is 1. The van der Waals surface area contributed by atoms with Crippen LogP contribution in [0.15, 0.2) is 54.9 Å². The molecule has 0 saturated heterocycles. The van der Waals surface area contributed by atoms with Gasteiger partial charge in [0, 0.05) is 18.8 Å². The number of carbonyl (C=O) groups excluding carboxylic acids is 1. The molecular formula is C22H27N5O. The van der Waals surface area contributed by atoms with Crippen molar-refractivity contribution in [3.8, 4) is 5.82 Å². The van der Waals surface area contributed by atoms with Crippen LogP contribution >= 0.6 is 0 Å². The number of hydrogen-bond donors (Lipinski definition) is 2. The summed E-state index contributed by atoms with van der Waals surface area (Å²) >= 11 is 0. The first-order chi connectivity index (χ1) is 13.5. The van der Waals surface area contributed by atoms with Gasteiger partial charge in [0.15, 0.2) is 5.82 Å². The number of carbonyl (C=O) groups is 1. The molecule has 6 heteroatoms. The van der Waals surface area contributed by atoms with Crippen molar-refractivity contribution < 1.29 is 4.79 Å². The number of amides is 1. The first-order valence-electron chi connectivity index (χ1n) is 9.63. The maximum Gasteiger partial charge on any atom is 0.254 e. The van der Waals surface area contributed by atoms with Gasteiger partial charge in [0.2, 0.25) is 0 Å². The molecule has 0 aliphatic heterocycles. The van der Waals surface area contributed by atoms with Crippen LogP contribution in [0.4, 0.5) is 0 Å². The minimum atomic E-state index is -0.263. The zero-order chi connectivity index (χ0) is 20.1. The third kappa shape index (κ3) is 4.28. The topological polar surface area (TPSA) is 85.8 Å². The summed E-state index contributed by atoms with van der Waals surface area (Å²) in [6.07, 6.45) is 3.97. The summed E-state index contributed by atoms with van der Waals surface area (Å²) < 4.78 is 1.71. The van der Waals surface area contributed by atoms with Gasteiger partial charge in [-0.05, 0) is 35.6 Å². The first-order valence-corrected chi connectivity index (χ1v) is 9.63. The standard InChI is InChI=1S/C22H27N5O/c1-4-20-18(13-26-27(20)21-7-5-6-12-24-21)22(28)25-14-19(23)17-10-8-16(9-11-17)15(2)3/h5-13,15,19H,4,14,23H2,1-3H3,(H,25,28). The van der Waals surface area contributed by atoms with Crippen molar-refractivity contribution in [1.29, 1.82) is 0 Å². The van der Waals surface area contributed by atoms with Crippen LogP contribution < -0.4 is 11.1 Å². The molecule has 6 nitrogen and oxygen atoms in total. The summed E-state index contributed by atoms with van der Waals surface area (Å²) in [5, 5.41) is 7.29. The summed E-state index contributed by atoms with van der Waals surface area (Å²) in [6, 6.07) is 13.6. The number of aromatic nitrogens is 3. The number of hydrogen-bond acceptors (Lipinski definition) is 4. The molecule has 0 fully saturated rings. The molecule has 2 aromatic heterocycles. The van der Waals surface area contributed by atoms with Crippen LogP contribution in [-0.2, 0) is 6.42 Å². The Balaban J connectivity index is 1.69. The number of rotatable bonds is 7. The molecule has 0 saturated carbocycles. The van der Waals surface area contributed by atoms with Gasteiger partial charge in [0.1, 0.15) is 0 Å². The maximum atomic E-state index is 12.7. The zero-order valence-electron chi connectivity index (χ0n) is 16.6. The largest absolute Gasteiger partial charge is 0.350 e. The smallest absolute Gasteiger partial charge is 0.254 e. The molecule has 1 amide bonds. The fraction of sp³-hybridized carbons (Fsp3) is 0.318. The Kier molecular flexibility index (Phi) is 6.21. The lowest BCUT2D eigenvalue weighted by Gasteiger charge is -2.15. The molecule has 3 N–H and O–H groups in total. The van der Waals surface area contributed by atoms with Crippen LogP contribution in [0.5, 0.6) is 0 Å². The number of nitrogens with one attached hydrogen (secondary N) is 1. The van der Waals surface area contributed by atoms with Crippen LogP contribution in [0.2, 0.25) is 0 Å². The highest BCUT2D eigenvalue weighted by Crippen LogP contribution is 2.18. The van der Waals surface area contributed by atoms with Gasteiger partial charge in [-0.25, -0.2) is 9.67 Å². The molecule has 1 aromatic carbocycles. The summed E-state index contributed by atoms with van der Waals surface area (Å²) in [4.78, 5) is 17.0. The van der Waals surface area contributed by atoms with Crippen LogP contribution in [-0.4, -0.2) is 27.2 Å². The molecule has 3 rings (SSSR count). The van der Waals surface area contributed by atoms with Gasteiger partial charge in [-0.15, -0.1) is 0 Å². The van der Waals surface area contributed by atoms with Crippen molar-refractivity contribution in [2.24, 2.45) is 5.73 Å². The van der Waals surface area contributed by atoms with Crippen LogP contribution in [0.1, 0.15) is 59.9 Å². The van der Waals surface area contributed by atoms with E-state index >= 15 is 0 Å². The molecule has 0 radical (unpaired) electrons. The summed E-state index contributed by atoms with van der Waals surface area (Å²) in [7, 11) is 0. The third-order valence-electron chi connectivity index (χ3n) is 4.83. The molecule has 28 heavy (non-hydrogen) atoms. The Morgan fingerprint density at radius 2 is 1.86 bits per heavy atom. The van der Waals surface area contributed by atoms with Crippen molar-refractivity contribution in [2.45, 2.75) is 39.2 Å². The molecule has 0 spiro atoms. The minimum Gasteiger partial charge on any atom is -0.350 e. The fourth-order valence-electron chi connectivity index (χ4n) is 3.12. The Morgan fingerprint density at radius 3 is 2.46 bits per heavy atom. The third-order valence-corrected chi connectivity index (χ3v) is 4.83. The number of pyridine rings is 1. The van der Waals surface area contributed by atoms with E-state index in [9.17, 15) is 4.79 Å². The van der Waals surface area contributed by atoms with E-state index in [-0.39, 0.29) is 11.9 Å². The highest BCUT2D eigenvalue weighted by molar-refractivity contribution is 5.95. The maximum absolute atomic E-state index is 12.7. The lowest BCUT2D eigenvalue weighted by atomic mass is 9.99. The van der Waals surface area contributed by atoms with E-state index in [0.29, 0.717) is 30.3 Å². The Labute approximate surface area is 165 Å². The Morgan fingerprint density at radius 1 is 1.14 bits per heavy atom. The van der Waals surface area contributed by atoms with E-state index in [1.807, 2.05) is 37.3 Å². The number of nitrogens with zero attached hydrogens (tertiary/aromatic N) is 3. The summed E-state index contributed by atoms with van der Waals surface area (Å²) in [6.45, 7) is 6.67. The van der Waals surface area contributed by atoms with E-state index < -0.39 is 0 Å². The lowest BCUT2D eigenvalue weighted by molar-refractivity contribution is 0.0950. The Bertz CT molecular complexity index is 916. The molecule has 3 aromatic rings. The molecule has 0 bridgehead atoms. The SMILES string of the molecule is CCc1c(C(=O)NCC(N)c2ccc(C(C)C)cc2)cnn1-c1ccccn1. The van der Waals surface area contributed by atoms with Crippen molar-refractivity contribution in [2.75, 3.05) is 6.54 Å². The normalized spacial score (nSPS) is 12.2. The van der Waals surface area contributed by atoms with E-state index in [2.05, 4.69) is 41.4 Å². The molecular weight excluding hydrogens is 350 g/mol. The van der Waals surface area contributed by atoms with E-state index in [1.54, 1.807) is 17.1 Å². The van der Waals surface area contributed by atoms with Crippen molar-refractivity contribution in [1.82, 2.24) is 20.1 Å². The number of benzene rings is 1. The average Bonchev–Trinajstić information content (AvgIpc) is 3.16. The lowest BCUT2D eigenvalue weighted by Crippen LogP contribution is -2.32. The fourth-order valence-corrected chi connectivity index (χ4v) is 3.12. The highest BCUT2D eigenvalue weighted by Gasteiger charge is 2.18. The second kappa shape index (κ2) is 8.80. The molecule has 0 aliphatic rings. The Hall–Kier alpha value is -2.99. The van der Waals surface area contributed by atoms with Gasteiger partial charge in [0.25, 0.3) is 5.91 Å².